The van der Waals surface area contributed by atoms with Crippen molar-refractivity contribution in [3.05, 3.63) is 46.0 Å². The number of nitrogens with one attached hydrogen (secondary N) is 1. The van der Waals surface area contributed by atoms with Crippen molar-refractivity contribution in [3.63, 3.8) is 0 Å². The molecule has 1 aromatic carbocycles. The number of hydrogen-bond donors (Lipinski definition) is 1. The van der Waals surface area contributed by atoms with E-state index in [2.05, 4.69) is 20.3 Å². The van der Waals surface area contributed by atoms with Crippen molar-refractivity contribution in [1.82, 2.24) is 15.0 Å². The molecular formula is C11H10Cl2N4. The Morgan fingerprint density at radius 2 is 1.76 bits per heavy atom. The van der Waals surface area contributed by atoms with E-state index >= 15 is 0 Å². The second-order valence-corrected chi connectivity index (χ2v) is 4.23. The minimum atomic E-state index is 0.191. The fourth-order valence-electron chi connectivity index (χ4n) is 1.31. The van der Waals surface area contributed by atoms with Gasteiger partial charge in [0.1, 0.15) is 5.82 Å². The van der Waals surface area contributed by atoms with Gasteiger partial charge in [0, 0.05) is 11.6 Å². The van der Waals surface area contributed by atoms with E-state index in [9.17, 15) is 0 Å². The smallest absolute Gasteiger partial charge is 0.227 e. The Bertz CT molecular complexity index is 493. The van der Waals surface area contributed by atoms with Crippen LogP contribution in [-0.4, -0.2) is 15.0 Å². The van der Waals surface area contributed by atoms with E-state index in [1.165, 1.54) is 0 Å². The lowest BCUT2D eigenvalue weighted by Gasteiger charge is -2.05. The molecule has 4 nitrogen and oxygen atoms in total. The van der Waals surface area contributed by atoms with Crippen molar-refractivity contribution in [2.45, 2.75) is 13.5 Å². The summed E-state index contributed by atoms with van der Waals surface area (Å²) >= 11 is 11.5. The van der Waals surface area contributed by atoms with E-state index in [1.54, 1.807) is 6.92 Å². The first-order valence-corrected chi connectivity index (χ1v) is 5.75. The number of anilines is 1. The zero-order valence-electron chi connectivity index (χ0n) is 9.11. The van der Waals surface area contributed by atoms with E-state index in [-0.39, 0.29) is 5.28 Å². The van der Waals surface area contributed by atoms with Crippen LogP contribution in [0.2, 0.25) is 10.3 Å². The summed E-state index contributed by atoms with van der Waals surface area (Å²) in [6, 6.07) is 7.55. The number of aryl methyl sites for hydroxylation is 1. The first-order valence-electron chi connectivity index (χ1n) is 5.00. The third kappa shape index (κ3) is 3.54. The van der Waals surface area contributed by atoms with Gasteiger partial charge < -0.3 is 5.32 Å². The number of rotatable bonds is 3. The molecule has 1 heterocycles. The quantitative estimate of drug-likeness (QED) is 0.930. The molecule has 0 amide bonds. The molecule has 0 atom stereocenters. The maximum absolute atomic E-state index is 5.80. The van der Waals surface area contributed by atoms with Gasteiger partial charge in [0.25, 0.3) is 0 Å². The Labute approximate surface area is 109 Å². The van der Waals surface area contributed by atoms with E-state index in [0.29, 0.717) is 23.3 Å². The van der Waals surface area contributed by atoms with Crippen molar-refractivity contribution < 1.29 is 0 Å². The molecule has 0 saturated carbocycles. The van der Waals surface area contributed by atoms with Gasteiger partial charge in [-0.05, 0) is 36.2 Å². The highest BCUT2D eigenvalue weighted by molar-refractivity contribution is 6.30. The largest absolute Gasteiger partial charge is 0.350 e. The Kier molecular flexibility index (Phi) is 3.76. The average Bonchev–Trinajstić information content (AvgIpc) is 2.27. The third-order valence-corrected chi connectivity index (χ3v) is 2.50. The second-order valence-electron chi connectivity index (χ2n) is 3.46. The summed E-state index contributed by atoms with van der Waals surface area (Å²) in [6.45, 7) is 2.37. The van der Waals surface area contributed by atoms with Crippen LogP contribution in [0.4, 0.5) is 5.95 Å². The highest BCUT2D eigenvalue weighted by Gasteiger charge is 2.01. The van der Waals surface area contributed by atoms with Crippen molar-refractivity contribution in [1.29, 1.82) is 0 Å². The molecule has 17 heavy (non-hydrogen) atoms. The summed E-state index contributed by atoms with van der Waals surface area (Å²) in [5.74, 6) is 1.06. The van der Waals surface area contributed by atoms with Gasteiger partial charge in [-0.15, -0.1) is 0 Å². The van der Waals surface area contributed by atoms with Gasteiger partial charge in [-0.2, -0.15) is 9.97 Å². The maximum atomic E-state index is 5.80. The van der Waals surface area contributed by atoms with Crippen molar-refractivity contribution in [2.75, 3.05) is 5.32 Å². The van der Waals surface area contributed by atoms with Gasteiger partial charge in [0.2, 0.25) is 11.2 Å². The lowest BCUT2D eigenvalue weighted by Crippen LogP contribution is -2.05. The van der Waals surface area contributed by atoms with Crippen molar-refractivity contribution >= 4 is 29.2 Å². The number of nitrogens with zero attached hydrogens (tertiary/aromatic N) is 3. The molecule has 0 aliphatic rings. The zero-order valence-corrected chi connectivity index (χ0v) is 10.6. The normalized spacial score (nSPS) is 10.3. The molecule has 1 N–H and O–H groups in total. The van der Waals surface area contributed by atoms with Crippen LogP contribution in [0.25, 0.3) is 0 Å². The lowest BCUT2D eigenvalue weighted by molar-refractivity contribution is 0.953. The van der Waals surface area contributed by atoms with Crippen LogP contribution in [0.15, 0.2) is 24.3 Å². The first kappa shape index (κ1) is 12.1. The summed E-state index contributed by atoms with van der Waals surface area (Å²) < 4.78 is 0. The predicted octanol–water partition coefficient (Wildman–Crippen LogP) is 3.10. The molecular weight excluding hydrogens is 259 g/mol. The fourth-order valence-corrected chi connectivity index (χ4v) is 1.64. The van der Waals surface area contributed by atoms with Crippen molar-refractivity contribution in [2.24, 2.45) is 0 Å². The second kappa shape index (κ2) is 5.29. The molecule has 0 aliphatic heterocycles. The first-order chi connectivity index (χ1) is 8.13. The highest BCUT2D eigenvalue weighted by atomic mass is 35.5. The van der Waals surface area contributed by atoms with Crippen LogP contribution < -0.4 is 5.32 Å². The van der Waals surface area contributed by atoms with Gasteiger partial charge in [-0.1, -0.05) is 23.7 Å². The van der Waals surface area contributed by atoms with E-state index < -0.39 is 0 Å². The zero-order chi connectivity index (χ0) is 12.3. The van der Waals surface area contributed by atoms with Gasteiger partial charge in [-0.3, -0.25) is 0 Å². The third-order valence-electron chi connectivity index (χ3n) is 2.08. The monoisotopic (exact) mass is 268 g/mol. The van der Waals surface area contributed by atoms with Gasteiger partial charge in [0.15, 0.2) is 0 Å². The molecule has 0 radical (unpaired) electrons. The SMILES string of the molecule is Cc1nc(Cl)nc(NCc2ccc(Cl)cc2)n1. The minimum Gasteiger partial charge on any atom is -0.350 e. The van der Waals surface area contributed by atoms with Crippen LogP contribution in [0.3, 0.4) is 0 Å². The minimum absolute atomic E-state index is 0.191. The Morgan fingerprint density at radius 1 is 1.06 bits per heavy atom. The van der Waals surface area contributed by atoms with Crippen LogP contribution in [0, 0.1) is 6.92 Å². The van der Waals surface area contributed by atoms with Crippen LogP contribution in [-0.2, 0) is 6.54 Å². The summed E-state index contributed by atoms with van der Waals surface area (Å²) in [5, 5.41) is 3.98. The van der Waals surface area contributed by atoms with Crippen LogP contribution in [0.5, 0.6) is 0 Å². The Balaban J connectivity index is 2.04. The molecule has 88 valence electrons. The molecule has 0 fully saturated rings. The summed E-state index contributed by atoms with van der Waals surface area (Å²) in [5.41, 5.74) is 1.09. The molecule has 0 saturated heterocycles. The molecule has 2 rings (SSSR count). The number of hydrogen-bond acceptors (Lipinski definition) is 4. The van der Waals surface area contributed by atoms with Gasteiger partial charge >= 0.3 is 0 Å². The van der Waals surface area contributed by atoms with E-state index in [4.69, 9.17) is 23.2 Å². The molecule has 6 heteroatoms. The summed E-state index contributed by atoms with van der Waals surface area (Å²) in [7, 11) is 0. The van der Waals surface area contributed by atoms with E-state index in [1.807, 2.05) is 24.3 Å². The topological polar surface area (TPSA) is 50.7 Å². The average molecular weight is 269 g/mol. The summed E-state index contributed by atoms with van der Waals surface area (Å²) in [4.78, 5) is 12.0. The highest BCUT2D eigenvalue weighted by Crippen LogP contribution is 2.11. The Hall–Kier alpha value is -1.39. The van der Waals surface area contributed by atoms with Crippen LogP contribution in [0.1, 0.15) is 11.4 Å². The molecule has 2 aromatic rings. The molecule has 0 bridgehead atoms. The molecule has 0 aliphatic carbocycles. The number of aromatic nitrogens is 3. The number of benzene rings is 1. The van der Waals surface area contributed by atoms with Gasteiger partial charge in [0.05, 0.1) is 0 Å². The Morgan fingerprint density at radius 3 is 2.41 bits per heavy atom. The predicted molar refractivity (Wildman–Crippen MR) is 68.4 cm³/mol. The maximum Gasteiger partial charge on any atom is 0.227 e. The fraction of sp³-hybridized carbons (Fsp3) is 0.182. The number of halogens is 2. The van der Waals surface area contributed by atoms with Gasteiger partial charge in [-0.25, -0.2) is 4.98 Å². The standard InChI is InChI=1S/C11H10Cl2N4/c1-7-15-10(13)17-11(16-7)14-6-8-2-4-9(12)5-3-8/h2-5H,6H2,1H3,(H,14,15,16,17). The summed E-state index contributed by atoms with van der Waals surface area (Å²) in [6.07, 6.45) is 0. The van der Waals surface area contributed by atoms with Crippen molar-refractivity contribution in [3.8, 4) is 0 Å². The van der Waals surface area contributed by atoms with E-state index in [0.717, 1.165) is 5.56 Å². The molecule has 0 unspecified atom stereocenters. The molecule has 0 spiro atoms. The van der Waals surface area contributed by atoms with Crippen LogP contribution >= 0.6 is 23.2 Å². The lowest BCUT2D eigenvalue weighted by atomic mass is 10.2. The molecule has 1 aromatic heterocycles.